The second-order valence-electron chi connectivity index (χ2n) is 6.90. The molecule has 0 aliphatic rings. The Hall–Kier alpha value is -3.27. The van der Waals surface area contributed by atoms with Crippen molar-refractivity contribution in [1.29, 1.82) is 0 Å². The summed E-state index contributed by atoms with van der Waals surface area (Å²) < 4.78 is 16.2. The fraction of sp³-hybridized carbons (Fsp3) is 0.0909. The minimum absolute atomic E-state index is 0.126. The van der Waals surface area contributed by atoms with E-state index in [0.29, 0.717) is 14.9 Å². The van der Waals surface area contributed by atoms with Crippen LogP contribution in [-0.2, 0) is 14.5 Å². The third kappa shape index (κ3) is 6.38. The predicted molar refractivity (Wildman–Crippen MR) is 128 cm³/mol. The smallest absolute Gasteiger partial charge is 0.258 e. The lowest BCUT2D eigenvalue weighted by molar-refractivity contribution is -0.115. The normalized spacial score (nSPS) is 12.4. The minimum Gasteiger partial charge on any atom is -0.321 e. The Kier molecular flexibility index (Phi) is 7.47. The van der Waals surface area contributed by atoms with Crippen LogP contribution in [-0.4, -0.2) is 33.2 Å². The molecule has 0 saturated heterocycles. The highest BCUT2D eigenvalue weighted by Crippen LogP contribution is 2.23. The number of anilines is 2. The lowest BCUT2D eigenvalue weighted by Gasteiger charge is -2.12. The number of rotatable bonds is 5. The van der Waals surface area contributed by atoms with Crippen molar-refractivity contribution in [3.63, 3.8) is 0 Å². The highest BCUT2D eigenvalue weighted by atomic mass is 35.5. The van der Waals surface area contributed by atoms with E-state index >= 15 is 0 Å². The number of hydrogen-bond acceptors (Lipinski definition) is 5. The van der Waals surface area contributed by atoms with Gasteiger partial charge in [0.15, 0.2) is 0 Å². The molecule has 2 N–H and O–H groups in total. The molecule has 0 bridgehead atoms. The summed E-state index contributed by atoms with van der Waals surface area (Å²) in [6.07, 6.45) is 2.73. The van der Waals surface area contributed by atoms with Crippen molar-refractivity contribution in [2.24, 2.45) is 4.36 Å². The van der Waals surface area contributed by atoms with Crippen LogP contribution in [0.15, 0.2) is 70.1 Å². The van der Waals surface area contributed by atoms with Crippen LogP contribution in [0.25, 0.3) is 0 Å². The molecule has 170 valence electrons. The van der Waals surface area contributed by atoms with Crippen LogP contribution in [0.4, 0.5) is 11.5 Å². The van der Waals surface area contributed by atoms with Crippen LogP contribution < -0.4 is 10.6 Å². The molecule has 1 heterocycles. The molecule has 33 heavy (non-hydrogen) atoms. The van der Waals surface area contributed by atoms with Crippen LogP contribution in [0.2, 0.25) is 10.0 Å². The molecule has 0 radical (unpaired) electrons. The second kappa shape index (κ2) is 10.1. The van der Waals surface area contributed by atoms with Crippen LogP contribution in [0.3, 0.4) is 0 Å². The number of amides is 3. The quantitative estimate of drug-likeness (QED) is 0.512. The van der Waals surface area contributed by atoms with Gasteiger partial charge in [-0.15, -0.1) is 0 Å². The number of hydrogen-bond donors (Lipinski definition) is 2. The minimum atomic E-state index is -2.90. The van der Waals surface area contributed by atoms with Gasteiger partial charge >= 0.3 is 0 Å². The van der Waals surface area contributed by atoms with E-state index < -0.39 is 27.5 Å². The van der Waals surface area contributed by atoms with Gasteiger partial charge in [0, 0.05) is 34.9 Å². The fourth-order valence-corrected chi connectivity index (χ4v) is 4.32. The number of benzene rings is 2. The van der Waals surface area contributed by atoms with Crippen LogP contribution >= 0.6 is 23.2 Å². The largest absolute Gasteiger partial charge is 0.321 e. The third-order valence-corrected chi connectivity index (χ3v) is 6.51. The molecule has 1 unspecified atom stereocenters. The van der Waals surface area contributed by atoms with E-state index in [9.17, 15) is 18.6 Å². The molecule has 2 aromatic carbocycles. The Bertz CT molecular complexity index is 1350. The lowest BCUT2D eigenvalue weighted by atomic mass is 10.1. The summed E-state index contributed by atoms with van der Waals surface area (Å²) in [7, 11) is -2.90. The first-order valence-corrected chi connectivity index (χ1v) is 12.1. The molecule has 8 nitrogen and oxygen atoms in total. The average Bonchev–Trinajstić information content (AvgIpc) is 2.75. The first-order chi connectivity index (χ1) is 15.5. The summed E-state index contributed by atoms with van der Waals surface area (Å²) >= 11 is 11.9. The van der Waals surface area contributed by atoms with Crippen molar-refractivity contribution in [1.82, 2.24) is 4.98 Å². The van der Waals surface area contributed by atoms with Crippen molar-refractivity contribution in [2.75, 3.05) is 16.9 Å². The number of halogens is 2. The first-order valence-electron chi connectivity index (χ1n) is 9.42. The zero-order valence-electron chi connectivity index (χ0n) is 17.5. The monoisotopic (exact) mass is 504 g/mol. The standard InChI is InChI=1S/C22H18Cl2N4O4S/c1-13(29)28-33(2,32)17-7-3-14(4-8-17)21(30)26-19-9-5-15(23)11-18(19)22(31)27-20-10-6-16(24)12-25-20/h3-12H,1-2H3,(H,26,30)(H,25,27,31). The van der Waals surface area contributed by atoms with Crippen molar-refractivity contribution in [2.45, 2.75) is 11.8 Å². The van der Waals surface area contributed by atoms with Crippen LogP contribution in [0, 0.1) is 0 Å². The van der Waals surface area contributed by atoms with Crippen LogP contribution in [0.5, 0.6) is 0 Å². The number of carbonyl (C=O) groups is 3. The number of carbonyl (C=O) groups excluding carboxylic acids is 3. The number of pyridine rings is 1. The van der Waals surface area contributed by atoms with Crippen LogP contribution in [0.1, 0.15) is 27.6 Å². The second-order valence-corrected chi connectivity index (χ2v) is 10.0. The van der Waals surface area contributed by atoms with Gasteiger partial charge in [-0.3, -0.25) is 14.4 Å². The van der Waals surface area contributed by atoms with Crippen molar-refractivity contribution >= 4 is 62.2 Å². The van der Waals surface area contributed by atoms with E-state index in [1.807, 2.05) is 0 Å². The zero-order valence-corrected chi connectivity index (χ0v) is 19.8. The summed E-state index contributed by atoms with van der Waals surface area (Å²) in [5.41, 5.74) is 0.601. The Balaban J connectivity index is 1.82. The molecule has 1 atom stereocenters. The zero-order chi connectivity index (χ0) is 24.2. The van der Waals surface area contributed by atoms with Gasteiger partial charge < -0.3 is 10.6 Å². The van der Waals surface area contributed by atoms with Crippen molar-refractivity contribution in [3.05, 3.63) is 82.0 Å². The first kappa shape index (κ1) is 24.4. The molecule has 0 spiro atoms. The number of aromatic nitrogens is 1. The molecule has 0 fully saturated rings. The molecule has 3 rings (SSSR count). The topological polar surface area (TPSA) is 118 Å². The van der Waals surface area contributed by atoms with E-state index in [-0.39, 0.29) is 22.6 Å². The van der Waals surface area contributed by atoms with E-state index in [0.717, 1.165) is 0 Å². The molecule has 3 amide bonds. The highest BCUT2D eigenvalue weighted by molar-refractivity contribution is 7.93. The Labute approximate surface area is 200 Å². The summed E-state index contributed by atoms with van der Waals surface area (Å²) in [6, 6.07) is 13.4. The number of nitrogens with zero attached hydrogens (tertiary/aromatic N) is 2. The van der Waals surface area contributed by atoms with Gasteiger partial charge in [0.1, 0.15) is 5.82 Å². The van der Waals surface area contributed by atoms with Gasteiger partial charge in [-0.1, -0.05) is 23.2 Å². The Morgan fingerprint density at radius 2 is 1.58 bits per heavy atom. The number of nitrogens with one attached hydrogen (secondary N) is 2. The van der Waals surface area contributed by atoms with Crippen molar-refractivity contribution in [3.8, 4) is 0 Å². The molecule has 1 aromatic heterocycles. The molecule has 3 aromatic rings. The highest BCUT2D eigenvalue weighted by Gasteiger charge is 2.17. The molecule has 0 aliphatic heterocycles. The van der Waals surface area contributed by atoms with Crippen molar-refractivity contribution < 1.29 is 18.6 Å². The molecule has 0 aliphatic carbocycles. The predicted octanol–water partition coefficient (Wildman–Crippen LogP) is 4.90. The SMILES string of the molecule is CC(=O)N=S(C)(=O)c1ccc(C(=O)Nc2ccc(Cl)cc2C(=O)Nc2ccc(Cl)cn2)cc1. The van der Waals surface area contributed by atoms with E-state index in [2.05, 4.69) is 20.0 Å². The summed E-state index contributed by atoms with van der Waals surface area (Å²) in [5.74, 6) is -1.31. The molecular weight excluding hydrogens is 487 g/mol. The summed E-state index contributed by atoms with van der Waals surface area (Å²) in [4.78, 5) is 41.0. The fourth-order valence-electron chi connectivity index (χ4n) is 2.80. The van der Waals surface area contributed by atoms with Gasteiger partial charge in [-0.05, 0) is 54.6 Å². The van der Waals surface area contributed by atoms with E-state index in [1.165, 1.54) is 67.9 Å². The molecular formula is C22H18Cl2N4O4S. The summed E-state index contributed by atoms with van der Waals surface area (Å²) in [6.45, 7) is 1.22. The Morgan fingerprint density at radius 1 is 0.909 bits per heavy atom. The summed E-state index contributed by atoms with van der Waals surface area (Å²) in [5, 5.41) is 6.01. The van der Waals surface area contributed by atoms with Gasteiger partial charge in [-0.2, -0.15) is 4.36 Å². The van der Waals surface area contributed by atoms with E-state index in [1.54, 1.807) is 6.07 Å². The lowest BCUT2D eigenvalue weighted by Crippen LogP contribution is -2.18. The van der Waals surface area contributed by atoms with E-state index in [4.69, 9.17) is 23.2 Å². The maximum absolute atomic E-state index is 12.8. The third-order valence-electron chi connectivity index (χ3n) is 4.30. The molecule has 0 saturated carbocycles. The van der Waals surface area contributed by atoms with Gasteiger partial charge in [0.05, 0.1) is 26.0 Å². The molecule has 11 heteroatoms. The maximum Gasteiger partial charge on any atom is 0.258 e. The average molecular weight is 505 g/mol. The van der Waals surface area contributed by atoms with Gasteiger partial charge in [0.25, 0.3) is 17.7 Å². The Morgan fingerprint density at radius 3 is 2.18 bits per heavy atom. The maximum atomic E-state index is 12.8. The van der Waals surface area contributed by atoms with Gasteiger partial charge in [-0.25, -0.2) is 9.19 Å². The van der Waals surface area contributed by atoms with Gasteiger partial charge in [0.2, 0.25) is 0 Å².